The highest BCUT2D eigenvalue weighted by Gasteiger charge is 2.68. The molecule has 43 heavy (non-hydrogen) atoms. The predicted octanol–water partition coefficient (Wildman–Crippen LogP) is 3.05. The van der Waals surface area contributed by atoms with Gasteiger partial charge in [-0.25, -0.2) is 4.79 Å². The van der Waals surface area contributed by atoms with Gasteiger partial charge in [-0.05, 0) is 73.3 Å². The van der Waals surface area contributed by atoms with Crippen molar-refractivity contribution in [2.75, 3.05) is 6.61 Å². The molecule has 1 aromatic carbocycles. The Morgan fingerprint density at radius 2 is 1.77 bits per heavy atom. The fourth-order valence-electron chi connectivity index (χ4n) is 8.87. The maximum absolute atomic E-state index is 13.4. The number of carboxylic acids is 1. The minimum atomic E-state index is -1.77. The van der Waals surface area contributed by atoms with Crippen molar-refractivity contribution in [1.29, 1.82) is 0 Å². The molecule has 4 N–H and O–H groups in total. The zero-order valence-corrected chi connectivity index (χ0v) is 24.7. The number of carboxylic acid groups (broad SMARTS) is 1. The molecule has 0 bridgehead atoms. The predicted molar refractivity (Wildman–Crippen MR) is 153 cm³/mol. The molecule has 0 aliphatic heterocycles. The number of Topliss-reactive ketones (excluding diaryl/α,β-unsaturated/α-hetero) is 1. The van der Waals surface area contributed by atoms with Crippen LogP contribution in [0.25, 0.3) is 0 Å². The molecule has 10 nitrogen and oxygen atoms in total. The summed E-state index contributed by atoms with van der Waals surface area (Å²) in [4.78, 5) is 62.0. The first-order chi connectivity index (χ1) is 20.3. The Bertz CT molecular complexity index is 1340. The summed E-state index contributed by atoms with van der Waals surface area (Å²) in [5.41, 5.74) is -1.46. The third kappa shape index (κ3) is 5.44. The fourth-order valence-corrected chi connectivity index (χ4v) is 8.87. The SMILES string of the molecule is C[C@]12CCC(=O)C=C1CC[C@@H]1[C@@H]2[C@H](O)C[C@@]2(C)[C@H]1CC[C@]2(O)C(=O)COC(=O)CCC(=O)N[C@H](C(=O)O)c1ccccc1. The molecule has 3 fully saturated rings. The number of fused-ring (bicyclic) bond motifs is 5. The number of allylic oxidation sites excluding steroid dienone is 1. The monoisotopic (exact) mass is 595 g/mol. The number of aliphatic carboxylic acids is 1. The van der Waals surface area contributed by atoms with Crippen LogP contribution in [0, 0.1) is 28.6 Å². The van der Waals surface area contributed by atoms with E-state index in [0.29, 0.717) is 24.8 Å². The minimum Gasteiger partial charge on any atom is -0.479 e. The molecule has 8 atom stereocenters. The largest absolute Gasteiger partial charge is 0.479 e. The van der Waals surface area contributed by atoms with Gasteiger partial charge in [0.1, 0.15) is 5.60 Å². The van der Waals surface area contributed by atoms with Gasteiger partial charge in [0.2, 0.25) is 11.7 Å². The number of nitrogens with one attached hydrogen (secondary N) is 1. The van der Waals surface area contributed by atoms with Crippen LogP contribution in [-0.2, 0) is 28.7 Å². The van der Waals surface area contributed by atoms with Crippen LogP contribution in [0.4, 0.5) is 0 Å². The summed E-state index contributed by atoms with van der Waals surface area (Å²) in [5, 5.41) is 35.2. The van der Waals surface area contributed by atoms with E-state index < -0.39 is 53.4 Å². The zero-order chi connectivity index (χ0) is 31.2. The van der Waals surface area contributed by atoms with Crippen molar-refractivity contribution in [3.63, 3.8) is 0 Å². The van der Waals surface area contributed by atoms with Crippen molar-refractivity contribution in [2.24, 2.45) is 28.6 Å². The number of carbonyl (C=O) groups is 5. The number of ether oxygens (including phenoxy) is 1. The van der Waals surface area contributed by atoms with Gasteiger partial charge in [0.05, 0.1) is 12.5 Å². The van der Waals surface area contributed by atoms with Crippen molar-refractivity contribution in [1.82, 2.24) is 5.32 Å². The number of hydrogen-bond acceptors (Lipinski definition) is 8. The van der Waals surface area contributed by atoms with Crippen LogP contribution in [0.2, 0.25) is 0 Å². The van der Waals surface area contributed by atoms with E-state index in [1.165, 1.54) is 0 Å². The third-order valence-corrected chi connectivity index (χ3v) is 11.1. The number of benzene rings is 1. The second kappa shape index (κ2) is 11.6. The second-order valence-electron chi connectivity index (χ2n) is 13.3. The average Bonchev–Trinajstić information content (AvgIpc) is 3.24. The Labute approximate surface area is 250 Å². The minimum absolute atomic E-state index is 0.00274. The van der Waals surface area contributed by atoms with Crippen LogP contribution in [0.1, 0.15) is 83.2 Å². The van der Waals surface area contributed by atoms with Gasteiger partial charge in [0.15, 0.2) is 18.4 Å². The normalized spacial score (nSPS) is 35.4. The first-order valence-electron chi connectivity index (χ1n) is 15.2. The Balaban J connectivity index is 1.18. The number of rotatable bonds is 9. The lowest BCUT2D eigenvalue weighted by molar-refractivity contribution is -0.184. The highest BCUT2D eigenvalue weighted by atomic mass is 16.5. The standard InChI is InChI=1S/C33H41NO9/c1-31-14-12-21(35)16-20(31)8-9-22-23-13-15-33(42,32(23,2)17-24(36)28(22)31)25(37)18-43-27(39)11-10-26(38)34-29(30(40)41)19-6-4-3-5-7-19/h3-7,16,22-24,28-29,36,42H,8-15,17-18H2,1-2H3,(H,34,38)(H,40,41)/t22-,23-,24+,28+,29-,31-,32-,33-/m0/s1. The van der Waals surface area contributed by atoms with Crippen molar-refractivity contribution < 1.29 is 44.0 Å². The number of aliphatic hydroxyl groups is 2. The molecule has 1 amide bonds. The van der Waals surface area contributed by atoms with Gasteiger partial charge in [-0.1, -0.05) is 49.8 Å². The van der Waals surface area contributed by atoms with Crippen LogP contribution >= 0.6 is 0 Å². The van der Waals surface area contributed by atoms with Gasteiger partial charge in [-0.15, -0.1) is 0 Å². The van der Waals surface area contributed by atoms with Crippen molar-refractivity contribution in [3.05, 3.63) is 47.5 Å². The van der Waals surface area contributed by atoms with E-state index in [2.05, 4.69) is 12.2 Å². The molecule has 232 valence electrons. The van der Waals surface area contributed by atoms with Gasteiger partial charge < -0.3 is 25.4 Å². The van der Waals surface area contributed by atoms with E-state index in [9.17, 15) is 39.3 Å². The smallest absolute Gasteiger partial charge is 0.330 e. The van der Waals surface area contributed by atoms with Crippen molar-refractivity contribution in [3.8, 4) is 0 Å². The molecule has 5 rings (SSSR count). The first-order valence-corrected chi connectivity index (χ1v) is 15.2. The summed E-state index contributed by atoms with van der Waals surface area (Å²) in [7, 11) is 0. The van der Waals surface area contributed by atoms with Crippen molar-refractivity contribution >= 4 is 29.4 Å². The summed E-state index contributed by atoms with van der Waals surface area (Å²) in [5.74, 6) is -3.16. The Kier molecular flexibility index (Phi) is 8.39. The lowest BCUT2D eigenvalue weighted by Gasteiger charge is -2.60. The number of ketones is 2. The van der Waals surface area contributed by atoms with E-state index >= 15 is 0 Å². The van der Waals surface area contributed by atoms with Gasteiger partial charge in [0.25, 0.3) is 0 Å². The molecule has 0 spiro atoms. The number of aliphatic hydroxyl groups excluding tert-OH is 1. The third-order valence-electron chi connectivity index (χ3n) is 11.1. The number of esters is 1. The Hall–Kier alpha value is -3.37. The fraction of sp³-hybridized carbons (Fsp3) is 0.606. The van der Waals surface area contributed by atoms with Crippen LogP contribution in [0.15, 0.2) is 42.0 Å². The summed E-state index contributed by atoms with van der Waals surface area (Å²) in [6, 6.07) is 6.91. The van der Waals surface area contributed by atoms with Gasteiger partial charge in [-0.2, -0.15) is 0 Å². The van der Waals surface area contributed by atoms with Crippen LogP contribution in [0.5, 0.6) is 0 Å². The van der Waals surface area contributed by atoms with Crippen molar-refractivity contribution in [2.45, 2.75) is 89.4 Å². The lowest BCUT2D eigenvalue weighted by Crippen LogP contribution is -2.62. The first kappa shape index (κ1) is 31.1. The van der Waals surface area contributed by atoms with Gasteiger partial charge in [0, 0.05) is 18.3 Å². The molecule has 0 saturated heterocycles. The summed E-state index contributed by atoms with van der Waals surface area (Å²) in [6.07, 6.45) is 4.07. The van der Waals surface area contributed by atoms with Gasteiger partial charge >= 0.3 is 11.9 Å². The van der Waals surface area contributed by atoms with Gasteiger partial charge in [-0.3, -0.25) is 19.2 Å². The lowest BCUT2D eigenvalue weighted by atomic mass is 9.45. The second-order valence-corrected chi connectivity index (χ2v) is 13.3. The zero-order valence-electron chi connectivity index (χ0n) is 24.7. The number of carbonyl (C=O) groups excluding carboxylic acids is 4. The van der Waals surface area contributed by atoms with E-state index in [1.54, 1.807) is 36.4 Å². The molecule has 3 saturated carbocycles. The van der Waals surface area contributed by atoms with E-state index in [1.807, 2.05) is 6.92 Å². The highest BCUT2D eigenvalue weighted by molar-refractivity contribution is 5.92. The molecule has 0 aromatic heterocycles. The van der Waals surface area contributed by atoms with Crippen LogP contribution < -0.4 is 5.32 Å². The average molecular weight is 596 g/mol. The maximum Gasteiger partial charge on any atom is 0.330 e. The molecule has 1 aromatic rings. The molecule has 0 unspecified atom stereocenters. The number of amides is 1. The highest BCUT2D eigenvalue weighted by Crippen LogP contribution is 2.67. The Morgan fingerprint density at radius 3 is 2.47 bits per heavy atom. The van der Waals surface area contributed by atoms with Crippen LogP contribution in [0.3, 0.4) is 0 Å². The summed E-state index contributed by atoms with van der Waals surface area (Å²) in [6.45, 7) is 3.35. The maximum atomic E-state index is 13.4. The quantitative estimate of drug-likeness (QED) is 0.314. The molecule has 4 aliphatic rings. The molecule has 0 heterocycles. The van der Waals surface area contributed by atoms with Crippen LogP contribution in [-0.4, -0.2) is 63.0 Å². The molecule has 0 radical (unpaired) electrons. The molecule has 10 heteroatoms. The molecular weight excluding hydrogens is 554 g/mol. The Morgan fingerprint density at radius 1 is 1.05 bits per heavy atom. The van der Waals surface area contributed by atoms with E-state index in [4.69, 9.17) is 4.74 Å². The number of hydrogen-bond donors (Lipinski definition) is 4. The molecule has 4 aliphatic carbocycles. The van der Waals surface area contributed by atoms with E-state index in [-0.39, 0.29) is 54.6 Å². The van der Waals surface area contributed by atoms with E-state index in [0.717, 1.165) is 18.4 Å². The summed E-state index contributed by atoms with van der Waals surface area (Å²) < 4.78 is 5.18. The summed E-state index contributed by atoms with van der Waals surface area (Å²) >= 11 is 0. The topological polar surface area (TPSA) is 167 Å². The molecular formula is C33H41NO9.